The largest absolute Gasteiger partial charge is 0.481 e. The first-order chi connectivity index (χ1) is 11.6. The summed E-state index contributed by atoms with van der Waals surface area (Å²) in [4.78, 5) is 22.8. The topological polar surface area (TPSA) is 84.2 Å². The fourth-order valence-electron chi connectivity index (χ4n) is 2.36. The minimum Gasteiger partial charge on any atom is -0.481 e. The molecule has 1 unspecified atom stereocenters. The van der Waals surface area contributed by atoms with E-state index in [0.29, 0.717) is 4.68 Å². The number of amides is 1. The average Bonchev–Trinajstić information content (AvgIpc) is 2.91. The van der Waals surface area contributed by atoms with E-state index < -0.39 is 41.8 Å². The molecule has 2 N–H and O–H groups in total. The minimum absolute atomic E-state index is 0.171. The van der Waals surface area contributed by atoms with E-state index in [9.17, 15) is 22.8 Å². The summed E-state index contributed by atoms with van der Waals surface area (Å²) in [5.74, 6) is -2.20. The van der Waals surface area contributed by atoms with Crippen LogP contribution >= 0.6 is 0 Å². The standard InChI is InChI=1S/C16H16F3N3O3/c1-9-4-3-5-11(6-9)22-14(16(17,18)19)12(8-20-22)15(25)21-10(2)7-13(23)24/h3-6,8,10H,7H2,1-2H3,(H,21,25)(H,23,24). The Morgan fingerprint density at radius 1 is 1.36 bits per heavy atom. The van der Waals surface area contributed by atoms with E-state index in [1.54, 1.807) is 19.1 Å². The molecule has 2 rings (SSSR count). The molecular formula is C16H16F3N3O3. The zero-order valence-corrected chi connectivity index (χ0v) is 13.5. The van der Waals surface area contributed by atoms with Gasteiger partial charge in [0.15, 0.2) is 5.69 Å². The highest BCUT2D eigenvalue weighted by molar-refractivity contribution is 5.95. The maximum absolute atomic E-state index is 13.5. The molecule has 1 heterocycles. The summed E-state index contributed by atoms with van der Waals surface area (Å²) < 4.78 is 41.2. The van der Waals surface area contributed by atoms with Crippen LogP contribution in [0.4, 0.5) is 13.2 Å². The lowest BCUT2D eigenvalue weighted by Gasteiger charge is -2.15. The zero-order valence-electron chi connectivity index (χ0n) is 13.5. The summed E-state index contributed by atoms with van der Waals surface area (Å²) in [6.45, 7) is 3.12. The molecule has 134 valence electrons. The Bertz CT molecular complexity index is 799. The summed E-state index contributed by atoms with van der Waals surface area (Å²) in [6, 6.07) is 5.44. The molecule has 6 nitrogen and oxygen atoms in total. The van der Waals surface area contributed by atoms with E-state index in [1.807, 2.05) is 0 Å². The lowest BCUT2D eigenvalue weighted by Crippen LogP contribution is -2.35. The number of nitrogens with one attached hydrogen (secondary N) is 1. The highest BCUT2D eigenvalue weighted by Gasteiger charge is 2.40. The normalized spacial score (nSPS) is 12.7. The van der Waals surface area contributed by atoms with E-state index in [1.165, 1.54) is 19.1 Å². The van der Waals surface area contributed by atoms with Crippen molar-refractivity contribution in [2.75, 3.05) is 0 Å². The van der Waals surface area contributed by atoms with Crippen molar-refractivity contribution >= 4 is 11.9 Å². The Hall–Kier alpha value is -2.84. The van der Waals surface area contributed by atoms with E-state index in [2.05, 4.69) is 10.4 Å². The first-order valence-electron chi connectivity index (χ1n) is 7.34. The third-order valence-electron chi connectivity index (χ3n) is 3.39. The Kier molecular flexibility index (Phi) is 5.15. The Balaban J connectivity index is 2.43. The molecule has 1 atom stereocenters. The van der Waals surface area contributed by atoms with Crippen molar-refractivity contribution in [2.45, 2.75) is 32.5 Å². The number of hydrogen-bond donors (Lipinski definition) is 2. The van der Waals surface area contributed by atoms with Crippen LogP contribution in [0, 0.1) is 6.92 Å². The highest BCUT2D eigenvalue weighted by Crippen LogP contribution is 2.33. The second-order valence-electron chi connectivity index (χ2n) is 5.63. The molecule has 0 radical (unpaired) electrons. The van der Waals surface area contributed by atoms with Crippen LogP contribution in [0.15, 0.2) is 30.5 Å². The molecule has 0 aliphatic heterocycles. The maximum atomic E-state index is 13.5. The quantitative estimate of drug-likeness (QED) is 0.864. The van der Waals surface area contributed by atoms with Gasteiger partial charge >= 0.3 is 12.1 Å². The number of rotatable bonds is 5. The second kappa shape index (κ2) is 6.96. The lowest BCUT2D eigenvalue weighted by molar-refractivity contribution is -0.143. The molecule has 0 saturated heterocycles. The SMILES string of the molecule is Cc1cccc(-n2ncc(C(=O)NC(C)CC(=O)O)c2C(F)(F)F)c1. The van der Waals surface area contributed by atoms with Gasteiger partial charge in [0.25, 0.3) is 5.91 Å². The third kappa shape index (κ3) is 4.37. The van der Waals surface area contributed by atoms with E-state index in [0.717, 1.165) is 11.8 Å². The molecule has 0 saturated carbocycles. The Morgan fingerprint density at radius 2 is 2.04 bits per heavy atom. The predicted molar refractivity (Wildman–Crippen MR) is 82.5 cm³/mol. The molecule has 0 aliphatic carbocycles. The molecule has 9 heteroatoms. The number of carbonyl (C=O) groups excluding carboxylic acids is 1. The molecule has 1 amide bonds. The molecule has 0 fully saturated rings. The molecule has 1 aromatic carbocycles. The number of carbonyl (C=O) groups is 2. The number of aromatic nitrogens is 2. The summed E-state index contributed by atoms with van der Waals surface area (Å²) in [5.41, 5.74) is -0.962. The molecule has 0 bridgehead atoms. The maximum Gasteiger partial charge on any atom is 0.434 e. The van der Waals surface area contributed by atoms with Gasteiger partial charge in [0, 0.05) is 6.04 Å². The van der Waals surface area contributed by atoms with E-state index in [4.69, 9.17) is 5.11 Å². The van der Waals surface area contributed by atoms with Crippen LogP contribution in [-0.4, -0.2) is 32.8 Å². The van der Waals surface area contributed by atoms with Gasteiger partial charge in [-0.05, 0) is 31.5 Å². The Morgan fingerprint density at radius 3 is 2.60 bits per heavy atom. The number of carboxylic acids is 1. The van der Waals surface area contributed by atoms with Crippen LogP contribution in [0.25, 0.3) is 5.69 Å². The van der Waals surface area contributed by atoms with Gasteiger partial charge in [0.05, 0.1) is 23.9 Å². The van der Waals surface area contributed by atoms with E-state index in [-0.39, 0.29) is 5.69 Å². The van der Waals surface area contributed by atoms with Crippen LogP contribution < -0.4 is 5.32 Å². The Labute approximate surface area is 141 Å². The third-order valence-corrected chi connectivity index (χ3v) is 3.39. The van der Waals surface area contributed by atoms with Crippen molar-refractivity contribution in [2.24, 2.45) is 0 Å². The van der Waals surface area contributed by atoms with Gasteiger partial charge in [-0.1, -0.05) is 12.1 Å². The van der Waals surface area contributed by atoms with Gasteiger partial charge in [-0.3, -0.25) is 9.59 Å². The number of hydrogen-bond acceptors (Lipinski definition) is 3. The number of benzene rings is 1. The molecule has 2 aromatic rings. The van der Waals surface area contributed by atoms with Crippen molar-refractivity contribution in [1.29, 1.82) is 0 Å². The number of aliphatic carboxylic acids is 1. The van der Waals surface area contributed by atoms with E-state index >= 15 is 0 Å². The monoisotopic (exact) mass is 355 g/mol. The average molecular weight is 355 g/mol. The zero-order chi connectivity index (χ0) is 18.8. The number of aryl methyl sites for hydroxylation is 1. The first-order valence-corrected chi connectivity index (χ1v) is 7.34. The number of nitrogens with zero attached hydrogens (tertiary/aromatic N) is 2. The van der Waals surface area contributed by atoms with Crippen LogP contribution in [0.5, 0.6) is 0 Å². The molecular weight excluding hydrogens is 339 g/mol. The number of alkyl halides is 3. The molecule has 0 spiro atoms. The molecule has 1 aromatic heterocycles. The summed E-state index contributed by atoms with van der Waals surface area (Å²) in [6.07, 6.45) is -4.39. The fraction of sp³-hybridized carbons (Fsp3) is 0.312. The summed E-state index contributed by atoms with van der Waals surface area (Å²) >= 11 is 0. The van der Waals surface area contributed by atoms with Crippen molar-refractivity contribution in [3.05, 3.63) is 47.3 Å². The second-order valence-corrected chi connectivity index (χ2v) is 5.63. The van der Waals surface area contributed by atoms with Crippen LogP contribution in [0.3, 0.4) is 0 Å². The van der Waals surface area contributed by atoms with Gasteiger partial charge in [-0.15, -0.1) is 0 Å². The van der Waals surface area contributed by atoms with Crippen molar-refractivity contribution in [1.82, 2.24) is 15.1 Å². The van der Waals surface area contributed by atoms with Gasteiger partial charge in [0.2, 0.25) is 0 Å². The van der Waals surface area contributed by atoms with Crippen molar-refractivity contribution < 1.29 is 27.9 Å². The molecule has 25 heavy (non-hydrogen) atoms. The fourth-order valence-corrected chi connectivity index (χ4v) is 2.36. The highest BCUT2D eigenvalue weighted by atomic mass is 19.4. The summed E-state index contributed by atoms with van der Waals surface area (Å²) in [5, 5.41) is 14.6. The van der Waals surface area contributed by atoms with Crippen LogP contribution in [-0.2, 0) is 11.0 Å². The van der Waals surface area contributed by atoms with Gasteiger partial charge in [0.1, 0.15) is 0 Å². The minimum atomic E-state index is -4.82. The molecule has 0 aliphatic rings. The predicted octanol–water partition coefficient (Wildman–Crippen LogP) is 2.79. The summed E-state index contributed by atoms with van der Waals surface area (Å²) in [7, 11) is 0. The van der Waals surface area contributed by atoms with Gasteiger partial charge in [-0.2, -0.15) is 18.3 Å². The lowest BCUT2D eigenvalue weighted by atomic mass is 10.1. The van der Waals surface area contributed by atoms with Crippen LogP contribution in [0.2, 0.25) is 0 Å². The number of carboxylic acid groups (broad SMARTS) is 1. The van der Waals surface area contributed by atoms with Crippen molar-refractivity contribution in [3.63, 3.8) is 0 Å². The number of halogens is 3. The van der Waals surface area contributed by atoms with Gasteiger partial charge < -0.3 is 10.4 Å². The first kappa shape index (κ1) is 18.5. The van der Waals surface area contributed by atoms with Crippen molar-refractivity contribution in [3.8, 4) is 5.69 Å². The smallest absolute Gasteiger partial charge is 0.434 e. The van der Waals surface area contributed by atoms with Crippen LogP contribution in [0.1, 0.15) is 35.0 Å². The van der Waals surface area contributed by atoms with Gasteiger partial charge in [-0.25, -0.2) is 4.68 Å².